The van der Waals surface area contributed by atoms with Gasteiger partial charge in [-0.1, -0.05) is 12.1 Å². The summed E-state index contributed by atoms with van der Waals surface area (Å²) in [5.74, 6) is -0.574. The van der Waals surface area contributed by atoms with E-state index in [0.717, 1.165) is 37.4 Å². The van der Waals surface area contributed by atoms with Gasteiger partial charge in [0.25, 0.3) is 0 Å². The molecule has 22 heavy (non-hydrogen) atoms. The topological polar surface area (TPSA) is 56.6 Å². The molecule has 0 amide bonds. The number of rotatable bonds is 4. The van der Waals surface area contributed by atoms with Crippen LogP contribution in [0.15, 0.2) is 29.8 Å². The minimum Gasteiger partial charge on any atom is -0.462 e. The molecule has 1 aromatic carbocycles. The molecule has 0 spiro atoms. The fraction of sp³-hybridized carbons (Fsp3) is 0.412. The van der Waals surface area contributed by atoms with Crippen molar-refractivity contribution in [3.05, 3.63) is 35.4 Å². The van der Waals surface area contributed by atoms with Gasteiger partial charge in [-0.3, -0.25) is 0 Å². The van der Waals surface area contributed by atoms with Gasteiger partial charge in [-0.25, -0.2) is 4.79 Å². The van der Waals surface area contributed by atoms with Crippen LogP contribution in [0.2, 0.25) is 0 Å². The van der Waals surface area contributed by atoms with Crippen LogP contribution in [0.3, 0.4) is 0 Å². The first kappa shape index (κ1) is 16.1. The van der Waals surface area contributed by atoms with Crippen LogP contribution in [0.5, 0.6) is 0 Å². The first-order chi connectivity index (χ1) is 10.6. The highest BCUT2D eigenvalue weighted by atomic mass is 16.5. The summed E-state index contributed by atoms with van der Waals surface area (Å²) < 4.78 is 4.88. The van der Waals surface area contributed by atoms with Gasteiger partial charge in [0.2, 0.25) is 0 Å². The number of nitrogens with zero attached hydrogens (tertiary/aromatic N) is 3. The van der Waals surface area contributed by atoms with Crippen molar-refractivity contribution in [3.63, 3.8) is 0 Å². The van der Waals surface area contributed by atoms with Gasteiger partial charge in [-0.2, -0.15) is 5.26 Å². The van der Waals surface area contributed by atoms with Crippen molar-refractivity contribution in [2.24, 2.45) is 0 Å². The SMILES string of the molecule is CCOC(=O)/C(C#N)=C/c1cccc(N2CCN(C)CC2)c1. The largest absolute Gasteiger partial charge is 0.462 e. The fourth-order valence-corrected chi connectivity index (χ4v) is 2.39. The Balaban J connectivity index is 2.17. The molecule has 116 valence electrons. The maximum absolute atomic E-state index is 11.7. The normalized spacial score (nSPS) is 16.2. The summed E-state index contributed by atoms with van der Waals surface area (Å²) in [6.45, 7) is 6.01. The molecule has 1 aliphatic heterocycles. The summed E-state index contributed by atoms with van der Waals surface area (Å²) in [6.07, 6.45) is 1.58. The van der Waals surface area contributed by atoms with Gasteiger partial charge < -0.3 is 14.5 Å². The second-order valence-corrected chi connectivity index (χ2v) is 5.28. The minimum atomic E-state index is -0.574. The predicted octanol–water partition coefficient (Wildman–Crippen LogP) is 1.91. The zero-order valence-electron chi connectivity index (χ0n) is 13.1. The maximum atomic E-state index is 11.7. The molecule has 0 radical (unpaired) electrons. The standard InChI is InChI=1S/C17H21N3O2/c1-3-22-17(21)15(13-18)11-14-5-4-6-16(12-14)20-9-7-19(2)8-10-20/h4-6,11-12H,3,7-10H2,1-2H3/b15-11+. The Morgan fingerprint density at radius 2 is 2.09 bits per heavy atom. The van der Waals surface area contributed by atoms with Gasteiger partial charge >= 0.3 is 5.97 Å². The Bertz CT molecular complexity index is 596. The van der Waals surface area contributed by atoms with E-state index in [-0.39, 0.29) is 12.2 Å². The molecule has 5 heteroatoms. The average molecular weight is 299 g/mol. The zero-order chi connectivity index (χ0) is 15.9. The lowest BCUT2D eigenvalue weighted by Crippen LogP contribution is -2.44. The van der Waals surface area contributed by atoms with Crippen LogP contribution in [0.25, 0.3) is 6.08 Å². The number of ether oxygens (including phenoxy) is 1. The Hall–Kier alpha value is -2.32. The Kier molecular flexibility index (Phi) is 5.56. The Morgan fingerprint density at radius 3 is 2.73 bits per heavy atom. The fourth-order valence-electron chi connectivity index (χ4n) is 2.39. The van der Waals surface area contributed by atoms with Crippen LogP contribution in [0.4, 0.5) is 5.69 Å². The molecule has 0 N–H and O–H groups in total. The van der Waals surface area contributed by atoms with Crippen molar-refractivity contribution in [3.8, 4) is 6.07 Å². The Labute approximate surface area is 131 Å². The van der Waals surface area contributed by atoms with E-state index in [0.29, 0.717) is 0 Å². The summed E-state index contributed by atoms with van der Waals surface area (Å²) in [6, 6.07) is 9.79. The summed E-state index contributed by atoms with van der Waals surface area (Å²) in [7, 11) is 2.12. The van der Waals surface area contributed by atoms with E-state index in [1.165, 1.54) is 0 Å². The molecule has 1 aromatic rings. The van der Waals surface area contributed by atoms with Crippen LogP contribution in [-0.2, 0) is 9.53 Å². The number of hydrogen-bond donors (Lipinski definition) is 0. The molecule has 0 aromatic heterocycles. The summed E-state index contributed by atoms with van der Waals surface area (Å²) >= 11 is 0. The average Bonchev–Trinajstić information content (AvgIpc) is 2.53. The minimum absolute atomic E-state index is 0.0253. The highest BCUT2D eigenvalue weighted by Gasteiger charge is 2.15. The van der Waals surface area contributed by atoms with Crippen LogP contribution >= 0.6 is 0 Å². The van der Waals surface area contributed by atoms with Crippen LogP contribution in [0.1, 0.15) is 12.5 Å². The van der Waals surface area contributed by atoms with Crippen molar-refractivity contribution < 1.29 is 9.53 Å². The van der Waals surface area contributed by atoms with Crippen LogP contribution in [0, 0.1) is 11.3 Å². The summed E-state index contributed by atoms with van der Waals surface area (Å²) in [5, 5.41) is 9.10. The molecule has 0 aliphatic carbocycles. The van der Waals surface area contributed by atoms with Crippen LogP contribution < -0.4 is 4.90 Å². The number of carbonyl (C=O) groups excluding carboxylic acids is 1. The van der Waals surface area contributed by atoms with E-state index in [2.05, 4.69) is 22.9 Å². The summed E-state index contributed by atoms with van der Waals surface area (Å²) in [4.78, 5) is 16.3. The molecular formula is C17H21N3O2. The second-order valence-electron chi connectivity index (χ2n) is 5.28. The van der Waals surface area contributed by atoms with E-state index >= 15 is 0 Å². The highest BCUT2D eigenvalue weighted by molar-refractivity contribution is 5.98. The van der Waals surface area contributed by atoms with Gasteiger partial charge in [-0.05, 0) is 37.7 Å². The molecule has 2 rings (SSSR count). The third-order valence-electron chi connectivity index (χ3n) is 3.67. The number of esters is 1. The first-order valence-corrected chi connectivity index (χ1v) is 7.46. The smallest absolute Gasteiger partial charge is 0.348 e. The highest BCUT2D eigenvalue weighted by Crippen LogP contribution is 2.19. The lowest BCUT2D eigenvalue weighted by atomic mass is 10.1. The molecule has 0 unspecified atom stereocenters. The quantitative estimate of drug-likeness (QED) is 0.483. The first-order valence-electron chi connectivity index (χ1n) is 7.46. The lowest BCUT2D eigenvalue weighted by Gasteiger charge is -2.34. The molecule has 0 atom stereocenters. The molecule has 1 saturated heterocycles. The Morgan fingerprint density at radius 1 is 1.36 bits per heavy atom. The van der Waals surface area contributed by atoms with Gasteiger partial charge in [-0.15, -0.1) is 0 Å². The van der Waals surface area contributed by atoms with Crippen molar-refractivity contribution in [1.29, 1.82) is 5.26 Å². The zero-order valence-corrected chi connectivity index (χ0v) is 13.1. The number of anilines is 1. The van der Waals surface area contributed by atoms with Gasteiger partial charge in [0, 0.05) is 31.9 Å². The van der Waals surface area contributed by atoms with Gasteiger partial charge in [0.05, 0.1) is 6.61 Å². The lowest BCUT2D eigenvalue weighted by molar-refractivity contribution is -0.137. The van der Waals surface area contributed by atoms with E-state index in [9.17, 15) is 4.79 Å². The van der Waals surface area contributed by atoms with Crippen LogP contribution in [-0.4, -0.2) is 50.7 Å². The molecule has 0 saturated carbocycles. The van der Waals surface area contributed by atoms with Crippen molar-refractivity contribution in [2.75, 3.05) is 44.7 Å². The van der Waals surface area contributed by atoms with E-state index in [4.69, 9.17) is 10.00 Å². The van der Waals surface area contributed by atoms with E-state index < -0.39 is 5.97 Å². The molecule has 1 aliphatic rings. The van der Waals surface area contributed by atoms with Crippen molar-refractivity contribution >= 4 is 17.7 Å². The van der Waals surface area contributed by atoms with Crippen molar-refractivity contribution in [2.45, 2.75) is 6.92 Å². The van der Waals surface area contributed by atoms with E-state index in [1.807, 2.05) is 24.3 Å². The summed E-state index contributed by atoms with van der Waals surface area (Å²) in [5.41, 5.74) is 1.97. The van der Waals surface area contributed by atoms with Gasteiger partial charge in [0.15, 0.2) is 0 Å². The molecule has 1 fully saturated rings. The predicted molar refractivity (Wildman–Crippen MR) is 86.4 cm³/mol. The molecular weight excluding hydrogens is 278 g/mol. The van der Waals surface area contributed by atoms with E-state index in [1.54, 1.807) is 13.0 Å². The number of nitriles is 1. The third kappa shape index (κ3) is 4.09. The van der Waals surface area contributed by atoms with Crippen molar-refractivity contribution in [1.82, 2.24) is 4.90 Å². The molecule has 5 nitrogen and oxygen atoms in total. The third-order valence-corrected chi connectivity index (χ3v) is 3.67. The monoisotopic (exact) mass is 299 g/mol. The van der Waals surface area contributed by atoms with Gasteiger partial charge in [0.1, 0.15) is 11.6 Å². The molecule has 1 heterocycles. The number of hydrogen-bond acceptors (Lipinski definition) is 5. The number of benzene rings is 1. The number of likely N-dealkylation sites (N-methyl/N-ethyl adjacent to an activating group) is 1. The number of carbonyl (C=O) groups is 1. The molecule has 0 bridgehead atoms. The maximum Gasteiger partial charge on any atom is 0.348 e. The number of piperazine rings is 1. The second kappa shape index (κ2) is 7.62.